The van der Waals surface area contributed by atoms with Gasteiger partial charge in [0, 0.05) is 24.0 Å². The van der Waals surface area contributed by atoms with E-state index >= 15 is 0 Å². The minimum Gasteiger partial charge on any atom is -0.309 e. The molecule has 0 N–H and O–H groups in total. The fraction of sp³-hybridized carbons (Fsp3) is 0.562. The minimum absolute atomic E-state index is 0.242. The van der Waals surface area contributed by atoms with Crippen molar-refractivity contribution in [2.24, 2.45) is 5.92 Å². The van der Waals surface area contributed by atoms with Crippen molar-refractivity contribution >= 4 is 23.2 Å². The first-order chi connectivity index (χ1) is 9.02. The number of benzene rings is 1. The molecule has 0 saturated heterocycles. The molecule has 1 aromatic rings. The molecule has 0 radical (unpaired) electrons. The van der Waals surface area contributed by atoms with Gasteiger partial charge in [-0.2, -0.15) is 0 Å². The number of amides is 1. The van der Waals surface area contributed by atoms with Gasteiger partial charge in [0.05, 0.1) is 0 Å². The molecule has 0 fully saturated rings. The topological polar surface area (TPSA) is 20.3 Å². The molecule has 0 bridgehead atoms. The number of hydrogen-bond acceptors (Lipinski definition) is 1. The smallest absolute Gasteiger partial charge is 0.227 e. The molecule has 104 valence electrons. The van der Waals surface area contributed by atoms with E-state index in [-0.39, 0.29) is 11.9 Å². The lowest BCUT2D eigenvalue weighted by Gasteiger charge is -2.23. The zero-order valence-electron chi connectivity index (χ0n) is 11.9. The molecule has 1 unspecified atom stereocenters. The van der Waals surface area contributed by atoms with Crippen LogP contribution in [0.5, 0.6) is 0 Å². The lowest BCUT2D eigenvalue weighted by atomic mass is 10.1. The Labute approximate surface area is 120 Å². The predicted octanol–water partition coefficient (Wildman–Crippen LogP) is 3.79. The molecule has 0 saturated carbocycles. The van der Waals surface area contributed by atoms with Crippen LogP contribution in [0.15, 0.2) is 18.2 Å². The summed E-state index contributed by atoms with van der Waals surface area (Å²) in [4.78, 5) is 14.3. The van der Waals surface area contributed by atoms with Gasteiger partial charge < -0.3 is 4.90 Å². The van der Waals surface area contributed by atoms with Gasteiger partial charge in [0.25, 0.3) is 0 Å². The first-order valence-electron chi connectivity index (χ1n) is 7.02. The van der Waals surface area contributed by atoms with E-state index in [0.29, 0.717) is 18.2 Å². The molecule has 1 aliphatic rings. The summed E-state index contributed by atoms with van der Waals surface area (Å²) in [7, 11) is 0. The van der Waals surface area contributed by atoms with E-state index in [2.05, 4.69) is 39.0 Å². The van der Waals surface area contributed by atoms with Crippen LogP contribution in [0.1, 0.15) is 38.3 Å². The zero-order chi connectivity index (χ0) is 14.0. The third-order valence-corrected chi connectivity index (χ3v) is 3.78. The Morgan fingerprint density at radius 1 is 1.47 bits per heavy atom. The van der Waals surface area contributed by atoms with Gasteiger partial charge in [-0.25, -0.2) is 0 Å². The van der Waals surface area contributed by atoms with Gasteiger partial charge in [-0.1, -0.05) is 26.0 Å². The first kappa shape index (κ1) is 14.4. The molecular formula is C16H22ClNO. The van der Waals surface area contributed by atoms with Crippen LogP contribution < -0.4 is 4.90 Å². The third-order valence-electron chi connectivity index (χ3n) is 3.59. The Bertz CT molecular complexity index is 470. The Hall–Kier alpha value is -1.02. The maximum absolute atomic E-state index is 12.3. The van der Waals surface area contributed by atoms with Crippen molar-refractivity contribution in [3.8, 4) is 0 Å². The third kappa shape index (κ3) is 3.11. The van der Waals surface area contributed by atoms with Gasteiger partial charge in [-0.3, -0.25) is 4.79 Å². The first-order valence-corrected chi connectivity index (χ1v) is 7.56. The van der Waals surface area contributed by atoms with E-state index in [1.165, 1.54) is 11.1 Å². The SMILES string of the molecule is CC(C)CC(=O)N1c2ccc(CCCl)cc2CC1C. The van der Waals surface area contributed by atoms with Crippen molar-refractivity contribution in [2.75, 3.05) is 10.8 Å². The second kappa shape index (κ2) is 5.96. The Morgan fingerprint density at radius 3 is 2.84 bits per heavy atom. The predicted molar refractivity (Wildman–Crippen MR) is 81.0 cm³/mol. The maximum Gasteiger partial charge on any atom is 0.227 e. The van der Waals surface area contributed by atoms with Crippen molar-refractivity contribution in [3.05, 3.63) is 29.3 Å². The van der Waals surface area contributed by atoms with Crippen molar-refractivity contribution in [2.45, 2.75) is 46.1 Å². The van der Waals surface area contributed by atoms with E-state index in [1.807, 2.05) is 4.90 Å². The Kier molecular flexibility index (Phi) is 4.51. The Balaban J connectivity index is 2.24. The van der Waals surface area contributed by atoms with Crippen molar-refractivity contribution in [1.29, 1.82) is 0 Å². The number of carbonyl (C=O) groups is 1. The van der Waals surface area contributed by atoms with E-state index in [0.717, 1.165) is 18.5 Å². The summed E-state index contributed by atoms with van der Waals surface area (Å²) in [5, 5.41) is 0. The number of hydrogen-bond donors (Lipinski definition) is 0. The second-order valence-corrected chi connectivity index (χ2v) is 6.19. The largest absolute Gasteiger partial charge is 0.309 e. The van der Waals surface area contributed by atoms with Crippen molar-refractivity contribution in [1.82, 2.24) is 0 Å². The molecule has 0 aliphatic carbocycles. The summed E-state index contributed by atoms with van der Waals surface area (Å²) in [5.41, 5.74) is 3.64. The van der Waals surface area contributed by atoms with Crippen LogP contribution in [0.3, 0.4) is 0 Å². The van der Waals surface area contributed by atoms with Gasteiger partial charge in [-0.05, 0) is 42.9 Å². The number of rotatable bonds is 4. The van der Waals surface area contributed by atoms with Crippen LogP contribution >= 0.6 is 11.6 Å². The summed E-state index contributed by atoms with van der Waals surface area (Å²) in [5.74, 6) is 1.29. The average Bonchev–Trinajstić information content (AvgIpc) is 2.63. The van der Waals surface area contributed by atoms with Crippen LogP contribution in [0.25, 0.3) is 0 Å². The molecule has 1 heterocycles. The van der Waals surface area contributed by atoms with E-state index in [9.17, 15) is 4.79 Å². The molecule has 1 atom stereocenters. The summed E-state index contributed by atoms with van der Waals surface area (Å²) in [6.07, 6.45) is 2.46. The Morgan fingerprint density at radius 2 is 2.21 bits per heavy atom. The van der Waals surface area contributed by atoms with Gasteiger partial charge >= 0.3 is 0 Å². The number of carbonyl (C=O) groups excluding carboxylic acids is 1. The molecule has 1 aromatic carbocycles. The zero-order valence-corrected chi connectivity index (χ0v) is 12.7. The monoisotopic (exact) mass is 279 g/mol. The lowest BCUT2D eigenvalue weighted by molar-refractivity contribution is -0.119. The van der Waals surface area contributed by atoms with E-state index < -0.39 is 0 Å². The maximum atomic E-state index is 12.3. The number of anilines is 1. The van der Waals surface area contributed by atoms with E-state index in [4.69, 9.17) is 11.6 Å². The van der Waals surface area contributed by atoms with Gasteiger partial charge in [0.2, 0.25) is 5.91 Å². The quantitative estimate of drug-likeness (QED) is 0.768. The standard InChI is InChI=1S/C16H22ClNO/c1-11(2)8-16(19)18-12(3)9-14-10-13(6-7-17)4-5-15(14)18/h4-5,10-12H,6-9H2,1-3H3. The van der Waals surface area contributed by atoms with E-state index in [1.54, 1.807) is 0 Å². The molecule has 2 nitrogen and oxygen atoms in total. The van der Waals surface area contributed by atoms with Crippen LogP contribution in [0.4, 0.5) is 5.69 Å². The highest BCUT2D eigenvalue weighted by molar-refractivity contribution is 6.18. The van der Waals surface area contributed by atoms with Crippen molar-refractivity contribution < 1.29 is 4.79 Å². The van der Waals surface area contributed by atoms with Crippen LogP contribution in [0, 0.1) is 5.92 Å². The highest BCUT2D eigenvalue weighted by atomic mass is 35.5. The van der Waals surface area contributed by atoms with Gasteiger partial charge in [0.1, 0.15) is 0 Å². The highest BCUT2D eigenvalue weighted by Gasteiger charge is 2.30. The van der Waals surface area contributed by atoms with Crippen LogP contribution in [0.2, 0.25) is 0 Å². The highest BCUT2D eigenvalue weighted by Crippen LogP contribution is 2.33. The van der Waals surface area contributed by atoms with Crippen molar-refractivity contribution in [3.63, 3.8) is 0 Å². The number of fused-ring (bicyclic) bond motifs is 1. The number of aryl methyl sites for hydroxylation is 1. The minimum atomic E-state index is 0.242. The molecule has 1 aliphatic heterocycles. The summed E-state index contributed by atoms with van der Waals surface area (Å²) in [6.45, 7) is 6.30. The van der Waals surface area contributed by atoms with Gasteiger partial charge in [0.15, 0.2) is 0 Å². The normalized spacial score (nSPS) is 17.9. The van der Waals surface area contributed by atoms with Crippen LogP contribution in [-0.2, 0) is 17.6 Å². The molecule has 1 amide bonds. The molecule has 0 spiro atoms. The summed E-state index contributed by atoms with van der Waals surface area (Å²) < 4.78 is 0. The molecule has 0 aromatic heterocycles. The number of halogens is 1. The fourth-order valence-corrected chi connectivity index (χ4v) is 2.99. The molecule has 19 heavy (non-hydrogen) atoms. The molecule has 3 heteroatoms. The summed E-state index contributed by atoms with van der Waals surface area (Å²) in [6, 6.07) is 6.65. The lowest BCUT2D eigenvalue weighted by Crippen LogP contribution is -2.36. The number of nitrogens with zero attached hydrogens (tertiary/aromatic N) is 1. The fourth-order valence-electron chi connectivity index (χ4n) is 2.78. The number of alkyl halides is 1. The molecule has 2 rings (SSSR count). The average molecular weight is 280 g/mol. The second-order valence-electron chi connectivity index (χ2n) is 5.82. The van der Waals surface area contributed by atoms with Crippen LogP contribution in [-0.4, -0.2) is 17.8 Å². The van der Waals surface area contributed by atoms with Gasteiger partial charge in [-0.15, -0.1) is 11.6 Å². The summed E-state index contributed by atoms with van der Waals surface area (Å²) >= 11 is 5.79. The molecular weight excluding hydrogens is 258 g/mol.